The maximum atomic E-state index is 5.07. The molecule has 0 atom stereocenters. The van der Waals surface area contributed by atoms with Gasteiger partial charge in [-0.2, -0.15) is 9.97 Å². The minimum Gasteiger partial charge on any atom is -0.452 e. The lowest BCUT2D eigenvalue weighted by Gasteiger charge is -1.93. The van der Waals surface area contributed by atoms with Crippen LogP contribution in [0.5, 0.6) is 11.8 Å². The predicted octanol–water partition coefficient (Wildman–Crippen LogP) is -1.58. The van der Waals surface area contributed by atoms with Gasteiger partial charge in [0.25, 0.3) is 11.8 Å². The maximum absolute atomic E-state index is 5.07. The zero-order valence-electron chi connectivity index (χ0n) is 6.02. The fraction of sp³-hybridized carbons (Fsp3) is 0.333. The van der Waals surface area contributed by atoms with Crippen molar-refractivity contribution >= 4 is 0 Å². The standard InChI is InChI=1S/C6H4N4O2/c1-7-3-5(11-1)10-4-6(9-3)12-2-8-4/h1-2H2. The summed E-state index contributed by atoms with van der Waals surface area (Å²) in [5, 5.41) is 0. The molecule has 1 aromatic rings. The number of ether oxygens (including phenoxy) is 2. The Hall–Kier alpha value is -1.72. The van der Waals surface area contributed by atoms with Gasteiger partial charge in [0.1, 0.15) is 0 Å². The van der Waals surface area contributed by atoms with Crippen molar-refractivity contribution in [3.05, 3.63) is 11.0 Å². The molecule has 0 aromatic carbocycles. The highest BCUT2D eigenvalue weighted by Crippen LogP contribution is 2.05. The average molecular weight is 164 g/mol. The lowest BCUT2D eigenvalue weighted by atomic mass is 10.6. The van der Waals surface area contributed by atoms with Crippen LogP contribution in [0.1, 0.15) is 0 Å². The van der Waals surface area contributed by atoms with Gasteiger partial charge in [0.15, 0.2) is 13.5 Å². The summed E-state index contributed by atoms with van der Waals surface area (Å²) in [6.45, 7) is 0.580. The van der Waals surface area contributed by atoms with Gasteiger partial charge in [-0.3, -0.25) is 0 Å². The molecular formula is C6H4N4O2. The molecule has 0 radical (unpaired) electrons. The first-order valence-corrected chi connectivity index (χ1v) is 3.46. The fourth-order valence-electron chi connectivity index (χ4n) is 1.10. The number of rotatable bonds is 0. The van der Waals surface area contributed by atoms with E-state index in [-0.39, 0.29) is 13.5 Å². The van der Waals surface area contributed by atoms with Crippen molar-refractivity contribution < 1.29 is 9.47 Å². The summed E-state index contributed by atoms with van der Waals surface area (Å²) >= 11 is 0. The third kappa shape index (κ3) is 0.635. The normalized spacial score (nSPS) is 16.7. The van der Waals surface area contributed by atoms with Crippen LogP contribution in [0.4, 0.5) is 0 Å². The van der Waals surface area contributed by atoms with E-state index in [0.717, 1.165) is 0 Å². The zero-order chi connectivity index (χ0) is 7.97. The van der Waals surface area contributed by atoms with E-state index in [1.807, 2.05) is 0 Å². The van der Waals surface area contributed by atoms with Crippen molar-refractivity contribution in [2.24, 2.45) is 9.98 Å². The zero-order valence-corrected chi connectivity index (χ0v) is 6.02. The first-order valence-electron chi connectivity index (χ1n) is 3.46. The van der Waals surface area contributed by atoms with E-state index in [1.54, 1.807) is 0 Å². The summed E-state index contributed by atoms with van der Waals surface area (Å²) in [4.78, 5) is 16.0. The Morgan fingerprint density at radius 2 is 1.33 bits per heavy atom. The SMILES string of the molecule is C1N=c2nc3c(nc2O1)=NCO3. The minimum atomic E-state index is 0.290. The Balaban J connectivity index is 2.40. The quantitative estimate of drug-likeness (QED) is 0.463. The van der Waals surface area contributed by atoms with Crippen LogP contribution >= 0.6 is 0 Å². The number of fused-ring (bicyclic) bond motifs is 2. The molecular weight excluding hydrogens is 160 g/mol. The Kier molecular flexibility index (Phi) is 0.931. The molecule has 0 spiro atoms. The largest absolute Gasteiger partial charge is 0.452 e. The van der Waals surface area contributed by atoms with Crippen LogP contribution in [0, 0.1) is 0 Å². The van der Waals surface area contributed by atoms with Crippen molar-refractivity contribution in [1.82, 2.24) is 9.97 Å². The molecule has 2 aliphatic heterocycles. The monoisotopic (exact) mass is 164 g/mol. The van der Waals surface area contributed by atoms with Crippen LogP contribution in [0.25, 0.3) is 0 Å². The highest BCUT2D eigenvalue weighted by molar-refractivity contribution is 5.14. The van der Waals surface area contributed by atoms with Gasteiger partial charge in [-0.25, -0.2) is 9.98 Å². The van der Waals surface area contributed by atoms with Crippen molar-refractivity contribution in [2.75, 3.05) is 13.5 Å². The van der Waals surface area contributed by atoms with Crippen molar-refractivity contribution in [2.45, 2.75) is 0 Å². The van der Waals surface area contributed by atoms with Crippen LogP contribution in [0.3, 0.4) is 0 Å². The van der Waals surface area contributed by atoms with E-state index >= 15 is 0 Å². The number of nitrogens with zero attached hydrogens (tertiary/aromatic N) is 4. The van der Waals surface area contributed by atoms with E-state index < -0.39 is 0 Å². The molecule has 0 bridgehead atoms. The predicted molar refractivity (Wildman–Crippen MR) is 35.3 cm³/mol. The fourth-order valence-corrected chi connectivity index (χ4v) is 1.10. The summed E-state index contributed by atoms with van der Waals surface area (Å²) in [5.74, 6) is 0.894. The van der Waals surface area contributed by atoms with Gasteiger partial charge < -0.3 is 9.47 Å². The van der Waals surface area contributed by atoms with Crippen LogP contribution in [-0.4, -0.2) is 23.4 Å². The van der Waals surface area contributed by atoms with Crippen molar-refractivity contribution in [3.8, 4) is 11.8 Å². The Morgan fingerprint density at radius 3 is 1.83 bits per heavy atom. The van der Waals surface area contributed by atoms with Gasteiger partial charge in [0.05, 0.1) is 0 Å². The molecule has 12 heavy (non-hydrogen) atoms. The van der Waals surface area contributed by atoms with Crippen LogP contribution in [0.15, 0.2) is 9.98 Å². The lowest BCUT2D eigenvalue weighted by Crippen LogP contribution is -2.17. The molecule has 0 unspecified atom stereocenters. The van der Waals surface area contributed by atoms with Crippen LogP contribution in [0.2, 0.25) is 0 Å². The van der Waals surface area contributed by atoms with E-state index in [9.17, 15) is 0 Å². The third-order valence-corrected chi connectivity index (χ3v) is 1.63. The molecule has 0 fully saturated rings. The van der Waals surface area contributed by atoms with Gasteiger partial charge in [0.2, 0.25) is 11.0 Å². The summed E-state index contributed by atoms with van der Waals surface area (Å²) in [6, 6.07) is 0. The maximum Gasteiger partial charge on any atom is 0.263 e. The Bertz CT molecular complexity index is 412. The molecule has 6 nitrogen and oxygen atoms in total. The van der Waals surface area contributed by atoms with Gasteiger partial charge >= 0.3 is 0 Å². The molecule has 3 heterocycles. The molecule has 60 valence electrons. The van der Waals surface area contributed by atoms with E-state index in [4.69, 9.17) is 9.47 Å². The second-order valence-electron chi connectivity index (χ2n) is 2.34. The smallest absolute Gasteiger partial charge is 0.263 e. The molecule has 0 saturated heterocycles. The summed E-state index contributed by atoms with van der Waals surface area (Å²) < 4.78 is 10.1. The van der Waals surface area contributed by atoms with Crippen LogP contribution < -0.4 is 20.4 Å². The molecule has 2 aliphatic rings. The van der Waals surface area contributed by atoms with Gasteiger partial charge in [0, 0.05) is 0 Å². The van der Waals surface area contributed by atoms with E-state index in [1.165, 1.54) is 0 Å². The second kappa shape index (κ2) is 1.90. The molecule has 0 N–H and O–H groups in total. The second-order valence-corrected chi connectivity index (χ2v) is 2.34. The molecule has 6 heteroatoms. The first-order chi connectivity index (χ1) is 5.93. The van der Waals surface area contributed by atoms with Gasteiger partial charge in [-0.15, -0.1) is 0 Å². The first kappa shape index (κ1) is 5.87. The minimum absolute atomic E-state index is 0.290. The Morgan fingerprint density at radius 1 is 0.833 bits per heavy atom. The van der Waals surface area contributed by atoms with Gasteiger partial charge in [-0.1, -0.05) is 0 Å². The van der Waals surface area contributed by atoms with E-state index in [2.05, 4.69) is 20.0 Å². The summed E-state index contributed by atoms with van der Waals surface area (Å²) in [6.07, 6.45) is 0. The van der Waals surface area contributed by atoms with Crippen molar-refractivity contribution in [1.29, 1.82) is 0 Å². The average Bonchev–Trinajstić information content (AvgIpc) is 2.64. The number of hydrogen-bond donors (Lipinski definition) is 0. The topological polar surface area (TPSA) is 69.0 Å². The Labute approximate surface area is 66.6 Å². The lowest BCUT2D eigenvalue weighted by molar-refractivity contribution is 0.330. The van der Waals surface area contributed by atoms with E-state index in [0.29, 0.717) is 22.7 Å². The summed E-state index contributed by atoms with van der Waals surface area (Å²) in [7, 11) is 0. The molecule has 1 aromatic heterocycles. The molecule has 0 amide bonds. The summed E-state index contributed by atoms with van der Waals surface area (Å²) in [5.41, 5.74) is 1.01. The molecule has 0 aliphatic carbocycles. The van der Waals surface area contributed by atoms with Gasteiger partial charge in [-0.05, 0) is 0 Å². The number of aromatic nitrogens is 2. The van der Waals surface area contributed by atoms with Crippen LogP contribution in [-0.2, 0) is 0 Å². The highest BCUT2D eigenvalue weighted by Gasteiger charge is 2.15. The third-order valence-electron chi connectivity index (χ3n) is 1.63. The molecule has 0 saturated carbocycles. The number of hydrogen-bond acceptors (Lipinski definition) is 6. The highest BCUT2D eigenvalue weighted by atomic mass is 16.5. The molecule has 3 rings (SSSR count). The van der Waals surface area contributed by atoms with Crippen molar-refractivity contribution in [3.63, 3.8) is 0 Å².